The molecule has 144 valence electrons. The standard InChI is InChI=1S/C22H28N2O3/c1-4-5-17-14-18(22(25)21(15-17)27-3)16-23-10-12-24(13-11-23)19-6-8-20(26-2)9-7-19/h4,6-9,14-15,25H,1,5,10-13,16H2,2-3H3/p+1. The lowest BCUT2D eigenvalue weighted by atomic mass is 10.0. The molecule has 0 unspecified atom stereocenters. The lowest BCUT2D eigenvalue weighted by Crippen LogP contribution is -3.13. The molecule has 1 saturated heterocycles. The van der Waals surface area contributed by atoms with Gasteiger partial charge in [-0.1, -0.05) is 6.08 Å². The molecule has 0 aromatic heterocycles. The Morgan fingerprint density at radius 3 is 2.41 bits per heavy atom. The van der Waals surface area contributed by atoms with Crippen molar-refractivity contribution in [1.82, 2.24) is 0 Å². The van der Waals surface area contributed by atoms with Gasteiger partial charge in [0.05, 0.1) is 46.0 Å². The van der Waals surface area contributed by atoms with E-state index in [0.717, 1.165) is 56.0 Å². The maximum atomic E-state index is 10.5. The molecule has 2 aromatic rings. The molecule has 1 aliphatic rings. The fourth-order valence-corrected chi connectivity index (χ4v) is 3.62. The van der Waals surface area contributed by atoms with Gasteiger partial charge in [-0.15, -0.1) is 6.58 Å². The van der Waals surface area contributed by atoms with Gasteiger partial charge in [0.2, 0.25) is 0 Å². The van der Waals surface area contributed by atoms with Gasteiger partial charge in [0.15, 0.2) is 11.5 Å². The fourth-order valence-electron chi connectivity index (χ4n) is 3.62. The first kappa shape index (κ1) is 19.1. The number of benzene rings is 2. The summed E-state index contributed by atoms with van der Waals surface area (Å²) in [6, 6.07) is 12.2. The molecule has 3 rings (SSSR count). The molecule has 5 heteroatoms. The van der Waals surface area contributed by atoms with E-state index >= 15 is 0 Å². The molecule has 0 bridgehead atoms. The van der Waals surface area contributed by atoms with Gasteiger partial charge in [-0.05, 0) is 48.4 Å². The van der Waals surface area contributed by atoms with E-state index in [1.54, 1.807) is 14.2 Å². The number of nitrogens with zero attached hydrogens (tertiary/aromatic N) is 1. The van der Waals surface area contributed by atoms with Gasteiger partial charge >= 0.3 is 0 Å². The molecule has 27 heavy (non-hydrogen) atoms. The average Bonchev–Trinajstić information content (AvgIpc) is 2.71. The van der Waals surface area contributed by atoms with E-state index in [0.29, 0.717) is 5.75 Å². The third-order valence-corrected chi connectivity index (χ3v) is 5.16. The monoisotopic (exact) mass is 369 g/mol. The first-order chi connectivity index (χ1) is 13.1. The van der Waals surface area contributed by atoms with Gasteiger partial charge in [0.1, 0.15) is 12.3 Å². The van der Waals surface area contributed by atoms with Gasteiger partial charge in [0.25, 0.3) is 0 Å². The topological polar surface area (TPSA) is 46.4 Å². The molecule has 5 nitrogen and oxygen atoms in total. The van der Waals surface area contributed by atoms with Gasteiger partial charge in [0, 0.05) is 5.69 Å². The van der Waals surface area contributed by atoms with Crippen LogP contribution in [0.15, 0.2) is 49.1 Å². The molecule has 2 aromatic carbocycles. The number of allylic oxidation sites excluding steroid dienone is 1. The Hall–Kier alpha value is -2.66. The van der Waals surface area contributed by atoms with Crippen LogP contribution in [0.3, 0.4) is 0 Å². The highest BCUT2D eigenvalue weighted by molar-refractivity contribution is 5.50. The molecule has 1 heterocycles. The Morgan fingerprint density at radius 2 is 1.81 bits per heavy atom. The van der Waals surface area contributed by atoms with Crippen molar-refractivity contribution < 1.29 is 19.5 Å². The van der Waals surface area contributed by atoms with Crippen molar-refractivity contribution in [3.8, 4) is 17.2 Å². The highest BCUT2D eigenvalue weighted by Crippen LogP contribution is 2.31. The number of piperazine rings is 1. The van der Waals surface area contributed by atoms with Crippen LogP contribution in [-0.2, 0) is 13.0 Å². The third-order valence-electron chi connectivity index (χ3n) is 5.16. The molecule has 0 atom stereocenters. The summed E-state index contributed by atoms with van der Waals surface area (Å²) in [4.78, 5) is 3.87. The quantitative estimate of drug-likeness (QED) is 0.734. The number of hydrogen-bond acceptors (Lipinski definition) is 4. The van der Waals surface area contributed by atoms with Crippen LogP contribution in [0.2, 0.25) is 0 Å². The molecular formula is C22H29N2O3+. The lowest BCUT2D eigenvalue weighted by Gasteiger charge is -2.34. The Kier molecular flexibility index (Phi) is 6.24. The van der Waals surface area contributed by atoms with Gasteiger partial charge < -0.3 is 24.4 Å². The zero-order chi connectivity index (χ0) is 19.2. The van der Waals surface area contributed by atoms with Crippen molar-refractivity contribution in [2.45, 2.75) is 13.0 Å². The van der Waals surface area contributed by atoms with E-state index in [9.17, 15) is 5.11 Å². The smallest absolute Gasteiger partial charge is 0.166 e. The number of phenolic OH excluding ortho intramolecular Hbond substituents is 1. The van der Waals surface area contributed by atoms with Crippen LogP contribution < -0.4 is 19.3 Å². The average molecular weight is 369 g/mol. The molecule has 1 fully saturated rings. The van der Waals surface area contributed by atoms with E-state index in [1.807, 2.05) is 24.3 Å². The second-order valence-corrected chi connectivity index (χ2v) is 6.91. The Bertz CT molecular complexity index is 766. The van der Waals surface area contributed by atoms with Crippen molar-refractivity contribution in [3.05, 3.63) is 60.2 Å². The van der Waals surface area contributed by atoms with Gasteiger partial charge in [-0.3, -0.25) is 0 Å². The molecule has 1 aliphatic heterocycles. The number of phenols is 1. The van der Waals surface area contributed by atoms with Crippen molar-refractivity contribution >= 4 is 5.69 Å². The first-order valence-electron chi connectivity index (χ1n) is 9.36. The molecule has 0 saturated carbocycles. The molecule has 0 amide bonds. The summed E-state index contributed by atoms with van der Waals surface area (Å²) >= 11 is 0. The highest BCUT2D eigenvalue weighted by Gasteiger charge is 2.22. The van der Waals surface area contributed by atoms with Crippen molar-refractivity contribution in [2.75, 3.05) is 45.3 Å². The Morgan fingerprint density at radius 1 is 1.11 bits per heavy atom. The second-order valence-electron chi connectivity index (χ2n) is 6.91. The summed E-state index contributed by atoms with van der Waals surface area (Å²) in [5, 5.41) is 10.5. The van der Waals surface area contributed by atoms with E-state index in [1.165, 1.54) is 10.6 Å². The lowest BCUT2D eigenvalue weighted by molar-refractivity contribution is -0.914. The zero-order valence-electron chi connectivity index (χ0n) is 16.2. The van der Waals surface area contributed by atoms with Crippen LogP contribution in [0.4, 0.5) is 5.69 Å². The number of quaternary nitrogens is 1. The number of aromatic hydroxyl groups is 1. The number of rotatable bonds is 7. The summed E-state index contributed by atoms with van der Waals surface area (Å²) in [5.41, 5.74) is 3.29. The highest BCUT2D eigenvalue weighted by atomic mass is 16.5. The van der Waals surface area contributed by atoms with Gasteiger partial charge in [-0.2, -0.15) is 0 Å². The number of methoxy groups -OCH3 is 2. The number of nitrogens with one attached hydrogen (secondary N) is 1. The summed E-state index contributed by atoms with van der Waals surface area (Å²) < 4.78 is 10.6. The third kappa shape index (κ3) is 4.55. The van der Waals surface area contributed by atoms with Crippen LogP contribution >= 0.6 is 0 Å². The number of anilines is 1. The summed E-state index contributed by atoms with van der Waals surface area (Å²) in [6.45, 7) is 8.64. The summed E-state index contributed by atoms with van der Waals surface area (Å²) in [5.74, 6) is 1.68. The van der Waals surface area contributed by atoms with E-state index in [2.05, 4.69) is 29.7 Å². The maximum Gasteiger partial charge on any atom is 0.166 e. The Balaban J connectivity index is 1.64. The maximum absolute atomic E-state index is 10.5. The largest absolute Gasteiger partial charge is 0.504 e. The van der Waals surface area contributed by atoms with Crippen molar-refractivity contribution in [3.63, 3.8) is 0 Å². The van der Waals surface area contributed by atoms with Crippen LogP contribution in [0.1, 0.15) is 11.1 Å². The van der Waals surface area contributed by atoms with Crippen LogP contribution in [0.5, 0.6) is 17.2 Å². The second kappa shape index (κ2) is 8.82. The van der Waals surface area contributed by atoms with Crippen LogP contribution in [0.25, 0.3) is 0 Å². The normalized spacial score (nSPS) is 14.8. The number of hydrogen-bond donors (Lipinski definition) is 2. The predicted octanol–water partition coefficient (Wildman–Crippen LogP) is 2.04. The first-order valence-corrected chi connectivity index (χ1v) is 9.36. The minimum absolute atomic E-state index is 0.260. The number of ether oxygens (including phenoxy) is 2. The minimum Gasteiger partial charge on any atom is -0.504 e. The molecule has 0 radical (unpaired) electrons. The minimum atomic E-state index is 0.260. The van der Waals surface area contributed by atoms with Crippen LogP contribution in [0, 0.1) is 0 Å². The van der Waals surface area contributed by atoms with Crippen LogP contribution in [-0.4, -0.2) is 45.5 Å². The molecule has 0 aliphatic carbocycles. The summed E-state index contributed by atoms with van der Waals surface area (Å²) in [7, 11) is 3.28. The predicted molar refractivity (Wildman–Crippen MR) is 108 cm³/mol. The van der Waals surface area contributed by atoms with E-state index < -0.39 is 0 Å². The van der Waals surface area contributed by atoms with Crippen molar-refractivity contribution in [1.29, 1.82) is 0 Å². The SMILES string of the molecule is C=CCc1cc(C[NH+]2CCN(c3ccc(OC)cc3)CC2)c(O)c(OC)c1. The zero-order valence-corrected chi connectivity index (χ0v) is 16.2. The Labute approximate surface area is 161 Å². The molecule has 2 N–H and O–H groups in total. The van der Waals surface area contributed by atoms with Gasteiger partial charge in [-0.25, -0.2) is 0 Å². The fraction of sp³-hybridized carbons (Fsp3) is 0.364. The van der Waals surface area contributed by atoms with E-state index in [-0.39, 0.29) is 5.75 Å². The molecular weight excluding hydrogens is 340 g/mol. The van der Waals surface area contributed by atoms with E-state index in [4.69, 9.17) is 9.47 Å². The van der Waals surface area contributed by atoms with Crippen molar-refractivity contribution in [2.24, 2.45) is 0 Å². The molecule has 0 spiro atoms. The summed E-state index contributed by atoms with van der Waals surface area (Å²) in [6.07, 6.45) is 2.64.